The van der Waals surface area contributed by atoms with E-state index < -0.39 is 0 Å². The highest BCUT2D eigenvalue weighted by atomic mass is 14.6. The zero-order chi connectivity index (χ0) is 11.3. The van der Waals surface area contributed by atoms with Crippen molar-refractivity contribution in [3.63, 3.8) is 0 Å². The van der Waals surface area contributed by atoms with Gasteiger partial charge in [-0.15, -0.1) is 6.58 Å². The van der Waals surface area contributed by atoms with Crippen LogP contribution < -0.4 is 5.73 Å². The lowest BCUT2D eigenvalue weighted by atomic mass is 9.96. The summed E-state index contributed by atoms with van der Waals surface area (Å²) >= 11 is 0. The average molecular weight is 203 g/mol. The first-order chi connectivity index (χ1) is 7.15. The van der Waals surface area contributed by atoms with Gasteiger partial charge in [0, 0.05) is 6.04 Å². The van der Waals surface area contributed by atoms with Crippen molar-refractivity contribution in [2.24, 2.45) is 5.73 Å². The second kappa shape index (κ2) is 5.72. The Morgan fingerprint density at radius 2 is 2.13 bits per heavy atom. The van der Waals surface area contributed by atoms with Crippen molar-refractivity contribution in [1.82, 2.24) is 0 Å². The third-order valence-electron chi connectivity index (χ3n) is 2.75. The minimum Gasteiger partial charge on any atom is -0.324 e. The molecule has 2 N–H and O–H groups in total. The van der Waals surface area contributed by atoms with Crippen molar-refractivity contribution >= 4 is 0 Å². The summed E-state index contributed by atoms with van der Waals surface area (Å²) in [5, 5.41) is 0. The molecule has 1 aromatic carbocycles. The van der Waals surface area contributed by atoms with Gasteiger partial charge in [-0.05, 0) is 44.2 Å². The lowest BCUT2D eigenvalue weighted by molar-refractivity contribution is 0.614. The van der Waals surface area contributed by atoms with Crippen molar-refractivity contribution in [1.29, 1.82) is 0 Å². The van der Waals surface area contributed by atoms with Crippen LogP contribution in [0.25, 0.3) is 0 Å². The molecule has 1 rings (SSSR count). The topological polar surface area (TPSA) is 26.0 Å². The van der Waals surface area contributed by atoms with Crippen LogP contribution in [-0.4, -0.2) is 0 Å². The zero-order valence-corrected chi connectivity index (χ0v) is 9.79. The molecule has 1 nitrogen and oxygen atoms in total. The molecular formula is C14H21N. The number of hydrogen-bond donors (Lipinski definition) is 1. The van der Waals surface area contributed by atoms with E-state index in [1.165, 1.54) is 16.7 Å². The van der Waals surface area contributed by atoms with Gasteiger partial charge in [0.05, 0.1) is 0 Å². The Morgan fingerprint density at radius 3 is 2.73 bits per heavy atom. The van der Waals surface area contributed by atoms with Crippen molar-refractivity contribution in [2.45, 2.75) is 39.2 Å². The summed E-state index contributed by atoms with van der Waals surface area (Å²) in [4.78, 5) is 0. The van der Waals surface area contributed by atoms with Crippen LogP contribution in [-0.2, 0) is 0 Å². The van der Waals surface area contributed by atoms with Crippen LogP contribution in [0.1, 0.15) is 42.0 Å². The molecule has 0 bridgehead atoms. The van der Waals surface area contributed by atoms with Gasteiger partial charge in [-0.25, -0.2) is 0 Å². The van der Waals surface area contributed by atoms with Gasteiger partial charge < -0.3 is 5.73 Å². The normalized spacial score (nSPS) is 12.5. The van der Waals surface area contributed by atoms with Crippen molar-refractivity contribution in [3.05, 3.63) is 47.5 Å². The third-order valence-corrected chi connectivity index (χ3v) is 2.75. The Kier molecular flexibility index (Phi) is 4.57. The molecule has 1 heteroatoms. The van der Waals surface area contributed by atoms with Crippen molar-refractivity contribution in [3.8, 4) is 0 Å². The lowest BCUT2D eigenvalue weighted by Crippen LogP contribution is -2.11. The summed E-state index contributed by atoms with van der Waals surface area (Å²) in [5.74, 6) is 0. The van der Waals surface area contributed by atoms with E-state index in [-0.39, 0.29) is 6.04 Å². The second-order valence-corrected chi connectivity index (χ2v) is 4.19. The molecule has 0 spiro atoms. The molecule has 0 aliphatic heterocycles. The molecule has 1 atom stereocenters. The monoisotopic (exact) mass is 203 g/mol. The van der Waals surface area contributed by atoms with Crippen LogP contribution in [0.15, 0.2) is 30.9 Å². The van der Waals surface area contributed by atoms with Gasteiger partial charge in [0.15, 0.2) is 0 Å². The lowest BCUT2D eigenvalue weighted by Gasteiger charge is -2.14. The summed E-state index contributed by atoms with van der Waals surface area (Å²) in [6, 6.07) is 6.66. The molecule has 1 aromatic rings. The van der Waals surface area contributed by atoms with Crippen molar-refractivity contribution < 1.29 is 0 Å². The number of rotatable bonds is 5. The fourth-order valence-electron chi connectivity index (χ4n) is 1.88. The maximum Gasteiger partial charge on any atom is 0.0297 e. The Morgan fingerprint density at radius 1 is 1.40 bits per heavy atom. The third kappa shape index (κ3) is 3.52. The van der Waals surface area contributed by atoms with Gasteiger partial charge in [-0.3, -0.25) is 0 Å². The zero-order valence-electron chi connectivity index (χ0n) is 9.79. The van der Waals surface area contributed by atoms with Gasteiger partial charge in [0.25, 0.3) is 0 Å². The molecule has 0 aliphatic carbocycles. The highest BCUT2D eigenvalue weighted by Crippen LogP contribution is 2.21. The SMILES string of the molecule is C=CCCCC(N)c1ccc(C)cc1C. The molecule has 0 radical (unpaired) electrons. The quantitative estimate of drug-likeness (QED) is 0.573. The summed E-state index contributed by atoms with van der Waals surface area (Å²) in [6.07, 6.45) is 5.17. The molecule has 0 amide bonds. The number of hydrogen-bond acceptors (Lipinski definition) is 1. The Labute approximate surface area is 93.0 Å². The standard InChI is InChI=1S/C14H21N/c1-4-5-6-7-14(15)13-9-8-11(2)10-12(13)3/h4,8-10,14H,1,5-7,15H2,2-3H3. The van der Waals surface area contributed by atoms with E-state index in [1.807, 2.05) is 6.08 Å². The maximum absolute atomic E-state index is 6.15. The van der Waals surface area contributed by atoms with Gasteiger partial charge >= 0.3 is 0 Å². The largest absolute Gasteiger partial charge is 0.324 e. The van der Waals surface area contributed by atoms with E-state index in [4.69, 9.17) is 5.73 Å². The van der Waals surface area contributed by atoms with Crippen LogP contribution >= 0.6 is 0 Å². The maximum atomic E-state index is 6.15. The molecular weight excluding hydrogens is 182 g/mol. The minimum atomic E-state index is 0.172. The first kappa shape index (κ1) is 12.0. The minimum absolute atomic E-state index is 0.172. The van der Waals surface area contributed by atoms with Crippen LogP contribution in [0, 0.1) is 13.8 Å². The first-order valence-corrected chi connectivity index (χ1v) is 5.58. The molecule has 0 fully saturated rings. The highest BCUT2D eigenvalue weighted by Gasteiger charge is 2.07. The van der Waals surface area contributed by atoms with Crippen LogP contribution in [0.4, 0.5) is 0 Å². The van der Waals surface area contributed by atoms with E-state index in [2.05, 4.69) is 38.6 Å². The van der Waals surface area contributed by atoms with Crippen LogP contribution in [0.2, 0.25) is 0 Å². The van der Waals surface area contributed by atoms with E-state index in [0.717, 1.165) is 19.3 Å². The van der Waals surface area contributed by atoms with Crippen LogP contribution in [0.3, 0.4) is 0 Å². The van der Waals surface area contributed by atoms with Crippen molar-refractivity contribution in [2.75, 3.05) is 0 Å². The van der Waals surface area contributed by atoms with Crippen LogP contribution in [0.5, 0.6) is 0 Å². The fourth-order valence-corrected chi connectivity index (χ4v) is 1.88. The predicted octanol–water partition coefficient (Wildman–Crippen LogP) is 3.66. The molecule has 15 heavy (non-hydrogen) atoms. The number of aryl methyl sites for hydroxylation is 2. The highest BCUT2D eigenvalue weighted by molar-refractivity contribution is 5.32. The second-order valence-electron chi connectivity index (χ2n) is 4.19. The number of unbranched alkanes of at least 4 members (excludes halogenated alkanes) is 1. The molecule has 0 aromatic heterocycles. The smallest absolute Gasteiger partial charge is 0.0297 e. The molecule has 0 saturated carbocycles. The number of allylic oxidation sites excluding steroid dienone is 1. The summed E-state index contributed by atoms with van der Waals surface area (Å²) in [6.45, 7) is 7.96. The summed E-state index contributed by atoms with van der Waals surface area (Å²) < 4.78 is 0. The van der Waals surface area contributed by atoms with E-state index in [0.29, 0.717) is 0 Å². The van der Waals surface area contributed by atoms with Gasteiger partial charge in [-0.1, -0.05) is 29.8 Å². The Balaban J connectivity index is 2.64. The summed E-state index contributed by atoms with van der Waals surface area (Å²) in [7, 11) is 0. The van der Waals surface area contributed by atoms with Gasteiger partial charge in [-0.2, -0.15) is 0 Å². The van der Waals surface area contributed by atoms with Gasteiger partial charge in [0.1, 0.15) is 0 Å². The predicted molar refractivity (Wildman–Crippen MR) is 66.9 cm³/mol. The molecule has 0 heterocycles. The van der Waals surface area contributed by atoms with E-state index >= 15 is 0 Å². The first-order valence-electron chi connectivity index (χ1n) is 5.58. The Bertz CT molecular complexity index is 328. The molecule has 82 valence electrons. The fraction of sp³-hybridized carbons (Fsp3) is 0.429. The van der Waals surface area contributed by atoms with Gasteiger partial charge in [0.2, 0.25) is 0 Å². The molecule has 1 unspecified atom stereocenters. The Hall–Kier alpha value is -1.08. The van der Waals surface area contributed by atoms with E-state index in [1.54, 1.807) is 0 Å². The molecule has 0 saturated heterocycles. The number of benzene rings is 1. The number of nitrogens with two attached hydrogens (primary N) is 1. The van der Waals surface area contributed by atoms with E-state index in [9.17, 15) is 0 Å². The molecule has 0 aliphatic rings. The summed E-state index contributed by atoms with van der Waals surface area (Å²) in [5.41, 5.74) is 10.0. The average Bonchev–Trinajstić information content (AvgIpc) is 2.17.